The summed E-state index contributed by atoms with van der Waals surface area (Å²) in [5.41, 5.74) is -1.84. The van der Waals surface area contributed by atoms with Gasteiger partial charge < -0.3 is 15.4 Å². The molecule has 1 fully saturated rings. The van der Waals surface area contributed by atoms with Crippen LogP contribution in [0, 0.1) is 0 Å². The van der Waals surface area contributed by atoms with Crippen LogP contribution in [0.1, 0.15) is 25.6 Å². The smallest absolute Gasteiger partial charge is 0.374 e. The monoisotopic (exact) mass is 290 g/mol. The number of nitrogens with one attached hydrogen (secondary N) is 2. The molecule has 1 aromatic heterocycles. The summed E-state index contributed by atoms with van der Waals surface area (Å²) < 4.78 is 43.9. The maximum absolute atomic E-state index is 12.9. The fourth-order valence-corrected chi connectivity index (χ4v) is 1.80. The molecule has 1 heterocycles. The lowest BCUT2D eigenvalue weighted by Crippen LogP contribution is -2.39. The van der Waals surface area contributed by atoms with E-state index in [4.69, 9.17) is 4.74 Å². The van der Waals surface area contributed by atoms with Crippen LogP contribution in [0.5, 0.6) is 0 Å². The number of nitrogens with zero attached hydrogens (tertiary/aromatic N) is 2. The van der Waals surface area contributed by atoms with E-state index in [2.05, 4.69) is 20.6 Å². The Bertz CT molecular complexity index is 474. The quantitative estimate of drug-likeness (QED) is 0.843. The van der Waals surface area contributed by atoms with E-state index in [0.717, 1.165) is 0 Å². The van der Waals surface area contributed by atoms with Crippen LogP contribution < -0.4 is 10.6 Å². The van der Waals surface area contributed by atoms with E-state index in [9.17, 15) is 13.2 Å². The Kier molecular flexibility index (Phi) is 4.03. The summed E-state index contributed by atoms with van der Waals surface area (Å²) in [5, 5.41) is 5.29. The molecule has 0 radical (unpaired) electrons. The maximum atomic E-state index is 12.9. The Morgan fingerprint density at radius 2 is 1.95 bits per heavy atom. The van der Waals surface area contributed by atoms with Gasteiger partial charge in [0.05, 0.1) is 0 Å². The number of halogens is 3. The fraction of sp³-hybridized carbons (Fsp3) is 0.667. The van der Waals surface area contributed by atoms with E-state index in [1.54, 1.807) is 7.05 Å². The molecule has 0 spiro atoms. The van der Waals surface area contributed by atoms with Gasteiger partial charge in [-0.1, -0.05) is 0 Å². The molecule has 8 heteroatoms. The van der Waals surface area contributed by atoms with E-state index < -0.39 is 11.7 Å². The molecule has 5 nitrogen and oxygen atoms in total. The van der Waals surface area contributed by atoms with Crippen molar-refractivity contribution in [3.8, 4) is 0 Å². The Morgan fingerprint density at radius 3 is 2.45 bits per heavy atom. The Balaban J connectivity index is 2.19. The minimum absolute atomic E-state index is 0.0657. The second-order valence-electron chi connectivity index (χ2n) is 4.65. The standard InChI is InChI=1S/C12H17F3N4O/c1-3-20-7-10-17-8(16-2)6-9(18-10)19-11(4-5-11)12(13,14)15/h6H,3-5,7H2,1-2H3,(H2,16,17,18,19). The van der Waals surface area contributed by atoms with E-state index in [0.29, 0.717) is 18.2 Å². The Labute approximate surface area is 114 Å². The number of hydrogen-bond acceptors (Lipinski definition) is 5. The lowest BCUT2D eigenvalue weighted by molar-refractivity contribution is -0.151. The predicted octanol–water partition coefficient (Wildman–Crippen LogP) is 2.56. The average molecular weight is 290 g/mol. The maximum Gasteiger partial charge on any atom is 0.411 e. The summed E-state index contributed by atoms with van der Waals surface area (Å²) >= 11 is 0. The number of anilines is 2. The van der Waals surface area contributed by atoms with E-state index in [1.165, 1.54) is 6.07 Å². The first kappa shape index (κ1) is 14.8. The Hall–Kier alpha value is -1.57. The summed E-state index contributed by atoms with van der Waals surface area (Å²) in [5.74, 6) is 0.961. The number of hydrogen-bond donors (Lipinski definition) is 2. The first-order valence-corrected chi connectivity index (χ1v) is 6.38. The molecule has 2 N–H and O–H groups in total. The minimum atomic E-state index is -4.28. The third-order valence-corrected chi connectivity index (χ3v) is 3.12. The van der Waals surface area contributed by atoms with Gasteiger partial charge in [0.1, 0.15) is 23.8 Å². The highest BCUT2D eigenvalue weighted by molar-refractivity contribution is 5.50. The van der Waals surface area contributed by atoms with Gasteiger partial charge in [-0.2, -0.15) is 13.2 Å². The molecule has 0 aromatic carbocycles. The normalized spacial score (nSPS) is 16.9. The third-order valence-electron chi connectivity index (χ3n) is 3.12. The molecule has 1 aromatic rings. The molecule has 1 aliphatic rings. The average Bonchev–Trinajstić information content (AvgIpc) is 3.16. The topological polar surface area (TPSA) is 59.1 Å². The zero-order valence-electron chi connectivity index (χ0n) is 11.3. The van der Waals surface area contributed by atoms with Gasteiger partial charge in [0.15, 0.2) is 5.82 Å². The molecule has 0 amide bonds. The van der Waals surface area contributed by atoms with Gasteiger partial charge in [0.25, 0.3) is 0 Å². The molecule has 1 aliphatic carbocycles. The lowest BCUT2D eigenvalue weighted by atomic mass is 10.2. The van der Waals surface area contributed by atoms with Crippen LogP contribution in [0.4, 0.5) is 24.8 Å². The summed E-state index contributed by atoms with van der Waals surface area (Å²) in [6.07, 6.45) is -4.15. The molecular weight excluding hydrogens is 273 g/mol. The van der Waals surface area contributed by atoms with Gasteiger partial charge in [0, 0.05) is 19.7 Å². The molecular formula is C12H17F3N4O. The van der Waals surface area contributed by atoms with E-state index in [1.807, 2.05) is 6.92 Å². The second-order valence-corrected chi connectivity index (χ2v) is 4.65. The lowest BCUT2D eigenvalue weighted by Gasteiger charge is -2.21. The fourth-order valence-electron chi connectivity index (χ4n) is 1.80. The van der Waals surface area contributed by atoms with Crippen molar-refractivity contribution in [1.29, 1.82) is 0 Å². The highest BCUT2D eigenvalue weighted by atomic mass is 19.4. The van der Waals surface area contributed by atoms with E-state index >= 15 is 0 Å². The van der Waals surface area contributed by atoms with Crippen LogP contribution in [0.3, 0.4) is 0 Å². The van der Waals surface area contributed by atoms with Crippen molar-refractivity contribution in [3.05, 3.63) is 11.9 Å². The molecule has 0 saturated heterocycles. The van der Waals surface area contributed by atoms with Crippen molar-refractivity contribution in [3.63, 3.8) is 0 Å². The first-order valence-electron chi connectivity index (χ1n) is 6.38. The SMILES string of the molecule is CCOCc1nc(NC)cc(NC2(C(F)(F)F)CC2)n1. The van der Waals surface area contributed by atoms with Crippen LogP contribution in [-0.4, -0.2) is 35.3 Å². The van der Waals surface area contributed by atoms with Crippen molar-refractivity contribution in [1.82, 2.24) is 9.97 Å². The summed E-state index contributed by atoms with van der Waals surface area (Å²) in [6.45, 7) is 2.48. The van der Waals surface area contributed by atoms with Gasteiger partial charge >= 0.3 is 6.18 Å². The zero-order valence-corrected chi connectivity index (χ0v) is 11.3. The summed E-state index contributed by atoms with van der Waals surface area (Å²) in [4.78, 5) is 8.20. The zero-order chi connectivity index (χ0) is 14.8. The molecule has 20 heavy (non-hydrogen) atoms. The molecule has 0 aliphatic heterocycles. The van der Waals surface area contributed by atoms with Crippen LogP contribution in [0.2, 0.25) is 0 Å². The van der Waals surface area contributed by atoms with Crippen molar-refractivity contribution in [2.45, 2.75) is 38.1 Å². The van der Waals surface area contributed by atoms with Gasteiger partial charge in [-0.25, -0.2) is 9.97 Å². The van der Waals surface area contributed by atoms with Crippen molar-refractivity contribution in [2.75, 3.05) is 24.3 Å². The molecule has 2 rings (SSSR count). The second kappa shape index (κ2) is 5.43. The highest BCUT2D eigenvalue weighted by Crippen LogP contribution is 2.51. The molecule has 0 unspecified atom stereocenters. The van der Waals surface area contributed by atoms with Crippen LogP contribution >= 0.6 is 0 Å². The van der Waals surface area contributed by atoms with Crippen LogP contribution in [0.15, 0.2) is 6.07 Å². The number of alkyl halides is 3. The van der Waals surface area contributed by atoms with Crippen LogP contribution in [-0.2, 0) is 11.3 Å². The largest absolute Gasteiger partial charge is 0.411 e. The third kappa shape index (κ3) is 3.12. The molecule has 0 atom stereocenters. The van der Waals surface area contributed by atoms with Gasteiger partial charge in [0.2, 0.25) is 0 Å². The molecule has 0 bridgehead atoms. The van der Waals surface area contributed by atoms with Gasteiger partial charge in [-0.3, -0.25) is 0 Å². The van der Waals surface area contributed by atoms with Gasteiger partial charge in [-0.05, 0) is 19.8 Å². The molecule has 1 saturated carbocycles. The number of aromatic nitrogens is 2. The summed E-state index contributed by atoms with van der Waals surface area (Å²) in [7, 11) is 1.65. The van der Waals surface area contributed by atoms with Crippen molar-refractivity contribution >= 4 is 11.6 Å². The van der Waals surface area contributed by atoms with Crippen LogP contribution in [0.25, 0.3) is 0 Å². The summed E-state index contributed by atoms with van der Waals surface area (Å²) in [6, 6.07) is 1.46. The minimum Gasteiger partial charge on any atom is -0.374 e. The number of ether oxygens (including phenoxy) is 1. The van der Waals surface area contributed by atoms with Gasteiger partial charge in [-0.15, -0.1) is 0 Å². The Morgan fingerprint density at radius 1 is 1.30 bits per heavy atom. The van der Waals surface area contributed by atoms with E-state index in [-0.39, 0.29) is 25.3 Å². The van der Waals surface area contributed by atoms with Crippen molar-refractivity contribution in [2.24, 2.45) is 0 Å². The number of rotatable bonds is 6. The predicted molar refractivity (Wildman–Crippen MR) is 68.6 cm³/mol. The first-order chi connectivity index (χ1) is 9.40. The highest BCUT2D eigenvalue weighted by Gasteiger charge is 2.63. The van der Waals surface area contributed by atoms with Crippen molar-refractivity contribution < 1.29 is 17.9 Å². The molecule has 112 valence electrons.